The number of rotatable bonds is 7. The molecule has 1 heterocycles. The van der Waals surface area contributed by atoms with Crippen LogP contribution >= 0.6 is 11.8 Å². The highest BCUT2D eigenvalue weighted by atomic mass is 32.2. The Kier molecular flexibility index (Phi) is 6.28. The fourth-order valence-corrected chi connectivity index (χ4v) is 3.28. The number of amides is 1. The molecule has 2 aromatic rings. The van der Waals surface area contributed by atoms with E-state index >= 15 is 0 Å². The number of thioether (sulfide) groups is 1. The largest absolute Gasteiger partial charge is 0.491 e. The number of ether oxygens (including phenoxy) is 3. The van der Waals surface area contributed by atoms with Crippen LogP contribution in [0.15, 0.2) is 47.4 Å². The lowest BCUT2D eigenvalue weighted by Gasteiger charge is -2.18. The number of para-hydroxylation sites is 1. The Bertz CT molecular complexity index is 763. The molecule has 1 amide bonds. The zero-order valence-electron chi connectivity index (χ0n) is 15.0. The first-order chi connectivity index (χ1) is 12.6. The third kappa shape index (κ3) is 5.08. The van der Waals surface area contributed by atoms with Gasteiger partial charge in [0, 0.05) is 17.0 Å². The number of fused-ring (bicyclic) bond motifs is 1. The van der Waals surface area contributed by atoms with Crippen molar-refractivity contribution >= 4 is 17.7 Å². The molecule has 6 heteroatoms. The van der Waals surface area contributed by atoms with Crippen molar-refractivity contribution in [3.63, 3.8) is 0 Å². The zero-order valence-corrected chi connectivity index (χ0v) is 15.8. The molecule has 0 saturated heterocycles. The number of carbonyl (C=O) groups excluding carboxylic acids is 1. The standard InChI is InChI=1S/C20H23NO4S/c1-14(2)25-17-6-4-3-5-15(17)12-21-20(22)13-26-16-7-8-18-19(11-16)24-10-9-23-18/h3-8,11,14H,9-10,12-13H2,1-2H3,(H,21,22). The van der Waals surface area contributed by atoms with E-state index in [1.807, 2.05) is 56.3 Å². The molecule has 26 heavy (non-hydrogen) atoms. The van der Waals surface area contributed by atoms with Crippen LogP contribution in [0.25, 0.3) is 0 Å². The van der Waals surface area contributed by atoms with Gasteiger partial charge in [-0.05, 0) is 38.1 Å². The molecule has 1 N–H and O–H groups in total. The molecule has 3 rings (SSSR count). The maximum atomic E-state index is 12.2. The molecule has 138 valence electrons. The lowest BCUT2D eigenvalue weighted by Crippen LogP contribution is -2.25. The van der Waals surface area contributed by atoms with Crippen molar-refractivity contribution in [2.24, 2.45) is 0 Å². The van der Waals surface area contributed by atoms with E-state index < -0.39 is 0 Å². The average molecular weight is 373 g/mol. The summed E-state index contributed by atoms with van der Waals surface area (Å²) in [7, 11) is 0. The molecule has 0 unspecified atom stereocenters. The predicted octanol–water partition coefficient (Wildman–Crippen LogP) is 3.65. The first-order valence-corrected chi connectivity index (χ1v) is 9.64. The van der Waals surface area contributed by atoms with Gasteiger partial charge in [0.2, 0.25) is 5.91 Å². The predicted molar refractivity (Wildman–Crippen MR) is 102 cm³/mol. The SMILES string of the molecule is CC(C)Oc1ccccc1CNC(=O)CSc1ccc2c(c1)OCCO2. The van der Waals surface area contributed by atoms with Gasteiger partial charge in [-0.15, -0.1) is 11.8 Å². The van der Waals surface area contributed by atoms with Crippen LogP contribution in [0.3, 0.4) is 0 Å². The summed E-state index contributed by atoms with van der Waals surface area (Å²) in [6.45, 7) is 5.55. The van der Waals surface area contributed by atoms with Gasteiger partial charge in [-0.3, -0.25) is 4.79 Å². The summed E-state index contributed by atoms with van der Waals surface area (Å²) in [4.78, 5) is 13.2. The Morgan fingerprint density at radius 3 is 2.73 bits per heavy atom. The Labute approximate surface area is 158 Å². The van der Waals surface area contributed by atoms with E-state index in [1.165, 1.54) is 11.8 Å². The van der Waals surface area contributed by atoms with E-state index in [4.69, 9.17) is 14.2 Å². The quantitative estimate of drug-likeness (QED) is 0.751. The van der Waals surface area contributed by atoms with E-state index in [2.05, 4.69) is 5.32 Å². The topological polar surface area (TPSA) is 56.8 Å². The highest BCUT2D eigenvalue weighted by molar-refractivity contribution is 8.00. The maximum Gasteiger partial charge on any atom is 0.230 e. The number of nitrogens with one attached hydrogen (secondary N) is 1. The lowest BCUT2D eigenvalue weighted by atomic mass is 10.2. The van der Waals surface area contributed by atoms with Gasteiger partial charge in [0.15, 0.2) is 11.5 Å². The van der Waals surface area contributed by atoms with Gasteiger partial charge in [-0.25, -0.2) is 0 Å². The molecule has 0 spiro atoms. The Morgan fingerprint density at radius 1 is 1.15 bits per heavy atom. The van der Waals surface area contributed by atoms with Crippen molar-refractivity contribution in [2.45, 2.75) is 31.4 Å². The molecular formula is C20H23NO4S. The summed E-state index contributed by atoms with van der Waals surface area (Å²) >= 11 is 1.47. The molecule has 0 saturated carbocycles. The second kappa shape index (κ2) is 8.85. The Hall–Kier alpha value is -2.34. The molecular weight excluding hydrogens is 350 g/mol. The fourth-order valence-electron chi connectivity index (χ4n) is 2.53. The number of carbonyl (C=O) groups is 1. The second-order valence-corrected chi connectivity index (χ2v) is 7.19. The van der Waals surface area contributed by atoms with Gasteiger partial charge in [0.05, 0.1) is 11.9 Å². The van der Waals surface area contributed by atoms with Crippen LogP contribution < -0.4 is 19.5 Å². The maximum absolute atomic E-state index is 12.2. The van der Waals surface area contributed by atoms with Gasteiger partial charge in [-0.2, -0.15) is 0 Å². The summed E-state index contributed by atoms with van der Waals surface area (Å²) in [6, 6.07) is 13.5. The first-order valence-electron chi connectivity index (χ1n) is 8.65. The average Bonchev–Trinajstić information content (AvgIpc) is 2.65. The van der Waals surface area contributed by atoms with Crippen molar-refractivity contribution in [3.8, 4) is 17.2 Å². The third-order valence-electron chi connectivity index (χ3n) is 3.69. The lowest BCUT2D eigenvalue weighted by molar-refractivity contribution is -0.118. The van der Waals surface area contributed by atoms with Crippen molar-refractivity contribution in [1.29, 1.82) is 0 Å². The van der Waals surface area contributed by atoms with Crippen molar-refractivity contribution < 1.29 is 19.0 Å². The minimum absolute atomic E-state index is 0.0239. The number of hydrogen-bond donors (Lipinski definition) is 1. The van der Waals surface area contributed by atoms with Crippen molar-refractivity contribution in [3.05, 3.63) is 48.0 Å². The Morgan fingerprint density at radius 2 is 1.92 bits per heavy atom. The van der Waals surface area contributed by atoms with Crippen LogP contribution in [0, 0.1) is 0 Å². The summed E-state index contributed by atoms with van der Waals surface area (Å²) in [6.07, 6.45) is 0.0950. The fraction of sp³-hybridized carbons (Fsp3) is 0.350. The normalized spacial score (nSPS) is 12.7. The molecule has 2 aromatic carbocycles. The summed E-state index contributed by atoms with van der Waals surface area (Å²) in [5.74, 6) is 2.62. The molecule has 0 aliphatic carbocycles. The van der Waals surface area contributed by atoms with Crippen LogP contribution in [0.1, 0.15) is 19.4 Å². The molecule has 1 aliphatic rings. The van der Waals surface area contributed by atoms with Gasteiger partial charge in [0.25, 0.3) is 0 Å². The van der Waals surface area contributed by atoms with Crippen LogP contribution in [0.4, 0.5) is 0 Å². The molecule has 0 fully saturated rings. The molecule has 1 aliphatic heterocycles. The van der Waals surface area contributed by atoms with Crippen LogP contribution in [0.5, 0.6) is 17.2 Å². The Balaban J connectivity index is 1.51. The van der Waals surface area contributed by atoms with E-state index in [-0.39, 0.29) is 12.0 Å². The van der Waals surface area contributed by atoms with E-state index in [9.17, 15) is 4.79 Å². The van der Waals surface area contributed by atoms with Crippen LogP contribution in [-0.2, 0) is 11.3 Å². The van der Waals surface area contributed by atoms with Crippen LogP contribution in [-0.4, -0.2) is 31.0 Å². The number of hydrogen-bond acceptors (Lipinski definition) is 5. The summed E-state index contributed by atoms with van der Waals surface area (Å²) in [5.41, 5.74) is 0.971. The molecule has 0 atom stereocenters. The highest BCUT2D eigenvalue weighted by Crippen LogP contribution is 2.34. The van der Waals surface area contributed by atoms with Crippen molar-refractivity contribution in [1.82, 2.24) is 5.32 Å². The number of benzene rings is 2. The van der Waals surface area contributed by atoms with E-state index in [0.717, 1.165) is 27.7 Å². The monoisotopic (exact) mass is 373 g/mol. The van der Waals surface area contributed by atoms with Gasteiger partial charge >= 0.3 is 0 Å². The summed E-state index contributed by atoms with van der Waals surface area (Å²) < 4.78 is 16.9. The second-order valence-electron chi connectivity index (χ2n) is 6.15. The van der Waals surface area contributed by atoms with E-state index in [1.54, 1.807) is 0 Å². The van der Waals surface area contributed by atoms with Crippen LogP contribution in [0.2, 0.25) is 0 Å². The zero-order chi connectivity index (χ0) is 18.4. The minimum atomic E-state index is -0.0239. The smallest absolute Gasteiger partial charge is 0.230 e. The third-order valence-corrected chi connectivity index (χ3v) is 4.69. The van der Waals surface area contributed by atoms with Gasteiger partial charge in [-0.1, -0.05) is 18.2 Å². The molecule has 0 radical (unpaired) electrons. The highest BCUT2D eigenvalue weighted by Gasteiger charge is 2.13. The van der Waals surface area contributed by atoms with Crippen molar-refractivity contribution in [2.75, 3.05) is 19.0 Å². The van der Waals surface area contributed by atoms with E-state index in [0.29, 0.717) is 25.5 Å². The summed E-state index contributed by atoms with van der Waals surface area (Å²) in [5, 5.41) is 2.95. The minimum Gasteiger partial charge on any atom is -0.491 e. The molecule has 0 aromatic heterocycles. The van der Waals surface area contributed by atoms with Gasteiger partial charge < -0.3 is 19.5 Å². The first kappa shape index (κ1) is 18.5. The molecule has 0 bridgehead atoms. The van der Waals surface area contributed by atoms with Gasteiger partial charge in [0.1, 0.15) is 19.0 Å². The molecule has 5 nitrogen and oxygen atoms in total.